The van der Waals surface area contributed by atoms with Crippen molar-refractivity contribution in [2.75, 3.05) is 19.0 Å². The molecule has 18 rings (SSSR count). The van der Waals surface area contributed by atoms with Crippen LogP contribution in [0.2, 0.25) is 0 Å². The summed E-state index contributed by atoms with van der Waals surface area (Å²) < 4.78 is 88.0. The first-order valence-electron chi connectivity index (χ1n) is 36.0. The molecule has 0 aliphatic carbocycles. The molecule has 0 aliphatic rings. The molecule has 9 aromatic heterocycles. The van der Waals surface area contributed by atoms with Gasteiger partial charge in [0.15, 0.2) is 0 Å². The fourth-order valence-electron chi connectivity index (χ4n) is 11.1. The maximum absolute atomic E-state index is 13.5. The number of halogens is 2. The van der Waals surface area contributed by atoms with Crippen LogP contribution in [-0.4, -0.2) is 118 Å². The third kappa shape index (κ3) is 31.2. The number of carboxylic acid groups (broad SMARTS) is 3. The predicted molar refractivity (Wildman–Crippen MR) is 458 cm³/mol. The second-order valence-corrected chi connectivity index (χ2v) is 27.8. The Labute approximate surface area is 786 Å². The Morgan fingerprint density at radius 2 is 0.600 bits per heavy atom. The van der Waals surface area contributed by atoms with Crippen LogP contribution in [0.5, 0.6) is 0 Å². The molecule has 0 unspecified atom stereocenters. The zero-order valence-electron chi connectivity index (χ0n) is 65.4. The number of benzene rings is 9. The normalized spacial score (nSPS) is 10.0. The van der Waals surface area contributed by atoms with Gasteiger partial charge in [-0.15, -0.1) is 120 Å². The number of hydrogen-bond acceptors (Lipinski definition) is 17. The molecular formula is C94H70F2Ir5N10O12S2-4. The molecule has 0 fully saturated rings. The van der Waals surface area contributed by atoms with E-state index in [1.807, 2.05) is 189 Å². The van der Waals surface area contributed by atoms with E-state index in [9.17, 15) is 40.0 Å². The second kappa shape index (κ2) is 52.4. The SMILES string of the molecule is CN(C)c1ccnc(-c2[c-]cc(F)cc2F)c1.O=C(O)c1cccc2cccnc12.O=C(O)c1cccc2cccnc12.O=C(O)c1cccc2cccnc12.O=S(=O)(O)c1cccc2cccnc12.O=S(=O)(O)c1cccc2cccnc12.[Ir].[Ir].[Ir].[Ir].[Ir].[c-]1ccccc1-c1ccccn1.[c-]1ccccc1-c1ccccn1.[c-]1ccccc1-c1ccccn1. The molecular weight excluding hydrogens is 2520 g/mol. The number of aromatic nitrogens is 9. The minimum Gasteiger partial charge on any atom is -0.478 e. The summed E-state index contributed by atoms with van der Waals surface area (Å²) >= 11 is 0. The van der Waals surface area contributed by atoms with Gasteiger partial charge in [-0.25, -0.2) is 14.4 Å². The van der Waals surface area contributed by atoms with Crippen molar-refractivity contribution in [1.82, 2.24) is 44.9 Å². The van der Waals surface area contributed by atoms with E-state index in [2.05, 4.69) is 69.1 Å². The Hall–Kier alpha value is -12.2. The van der Waals surface area contributed by atoms with Crippen molar-refractivity contribution < 1.29 is 165 Å². The van der Waals surface area contributed by atoms with Gasteiger partial charge in [-0.2, -0.15) is 16.8 Å². The molecule has 0 aliphatic heterocycles. The summed E-state index contributed by atoms with van der Waals surface area (Å²) in [5.41, 5.74) is 10.5. The number of anilines is 1. The van der Waals surface area contributed by atoms with Crippen molar-refractivity contribution in [1.29, 1.82) is 0 Å². The molecule has 18 aromatic rings. The smallest absolute Gasteiger partial charge is 0.337 e. The van der Waals surface area contributed by atoms with Crippen LogP contribution >= 0.6 is 0 Å². The maximum atomic E-state index is 13.5. The summed E-state index contributed by atoms with van der Waals surface area (Å²) in [5, 5.41) is 30.4. The molecule has 0 atom stereocenters. The first-order valence-corrected chi connectivity index (χ1v) is 38.9. The fourth-order valence-corrected chi connectivity index (χ4v) is 12.4. The summed E-state index contributed by atoms with van der Waals surface area (Å²) in [6.45, 7) is 0. The molecule has 0 saturated carbocycles. The van der Waals surface area contributed by atoms with Gasteiger partial charge in [-0.1, -0.05) is 145 Å². The summed E-state index contributed by atoms with van der Waals surface area (Å²) in [6, 6.07) is 101. The van der Waals surface area contributed by atoms with E-state index in [1.165, 1.54) is 24.5 Å². The van der Waals surface area contributed by atoms with Gasteiger partial charge in [-0.05, 0) is 108 Å². The average Bonchev–Trinajstić information content (AvgIpc) is 0.806. The molecule has 5 radical (unpaired) electrons. The Bertz CT molecular complexity index is 6070. The van der Waals surface area contributed by atoms with Gasteiger partial charge in [-0.3, -0.25) is 42.8 Å². The molecule has 0 spiro atoms. The molecule has 0 bridgehead atoms. The Kier molecular flexibility index (Phi) is 43.3. The van der Waals surface area contributed by atoms with Gasteiger partial charge in [0.2, 0.25) is 0 Å². The van der Waals surface area contributed by atoms with Gasteiger partial charge in [0, 0.05) is 215 Å². The molecule has 5 N–H and O–H groups in total. The molecule has 31 heteroatoms. The monoisotopic (exact) mass is 2600 g/mol. The number of nitrogens with zero attached hydrogens (tertiary/aromatic N) is 10. The number of rotatable bonds is 10. The summed E-state index contributed by atoms with van der Waals surface area (Å²) in [7, 11) is -4.63. The van der Waals surface area contributed by atoms with Crippen molar-refractivity contribution in [2.24, 2.45) is 0 Å². The molecule has 22 nitrogen and oxygen atoms in total. The summed E-state index contributed by atoms with van der Waals surface area (Å²) in [5.74, 6) is -4.12. The molecule has 0 amide bonds. The van der Waals surface area contributed by atoms with Gasteiger partial charge < -0.3 is 40.2 Å². The maximum Gasteiger partial charge on any atom is 0.337 e. The molecule has 125 heavy (non-hydrogen) atoms. The zero-order valence-corrected chi connectivity index (χ0v) is 79.0. The number of carboxylic acids is 3. The van der Waals surface area contributed by atoms with E-state index in [4.69, 9.17) is 24.4 Å². The van der Waals surface area contributed by atoms with E-state index >= 15 is 0 Å². The summed E-state index contributed by atoms with van der Waals surface area (Å²) in [4.78, 5) is 70.5. The van der Waals surface area contributed by atoms with Crippen molar-refractivity contribution in [3.8, 4) is 45.0 Å². The Morgan fingerprint density at radius 3 is 0.880 bits per heavy atom. The van der Waals surface area contributed by atoms with Gasteiger partial charge in [0.1, 0.15) is 9.79 Å². The van der Waals surface area contributed by atoms with Crippen LogP contribution in [0.4, 0.5) is 14.5 Å². The molecule has 9 aromatic carbocycles. The fraction of sp³-hybridized carbons (Fsp3) is 0.0213. The average molecular weight is 2590 g/mol. The first kappa shape index (κ1) is 103. The minimum absolute atomic E-state index is 0. The van der Waals surface area contributed by atoms with E-state index in [0.717, 1.165) is 67.8 Å². The number of hydrogen-bond donors (Lipinski definition) is 5. The number of pyridine rings is 9. The number of fused-ring (bicyclic) bond motifs is 5. The van der Waals surface area contributed by atoms with Crippen LogP contribution in [0, 0.1) is 35.9 Å². The quantitative estimate of drug-likeness (QED) is 0.0627. The van der Waals surface area contributed by atoms with E-state index in [0.29, 0.717) is 33.0 Å². The molecule has 0 saturated heterocycles. The van der Waals surface area contributed by atoms with E-state index in [-0.39, 0.29) is 144 Å². The van der Waals surface area contributed by atoms with Crippen LogP contribution in [0.15, 0.2) is 369 Å². The van der Waals surface area contributed by atoms with Gasteiger partial charge in [0.05, 0.1) is 44.3 Å². The van der Waals surface area contributed by atoms with Crippen molar-refractivity contribution in [2.45, 2.75) is 9.79 Å². The van der Waals surface area contributed by atoms with Crippen molar-refractivity contribution >= 4 is 98.3 Å². The largest absolute Gasteiger partial charge is 0.478 e. The van der Waals surface area contributed by atoms with Crippen LogP contribution in [-0.2, 0) is 121 Å². The third-order valence-electron chi connectivity index (χ3n) is 16.7. The minimum atomic E-state index is -4.19. The number of aromatic carboxylic acids is 3. The number of carbonyl (C=O) groups is 3. The zero-order chi connectivity index (χ0) is 85.2. The van der Waals surface area contributed by atoms with E-state index < -0.39 is 49.8 Å². The van der Waals surface area contributed by atoms with Crippen molar-refractivity contribution in [3.63, 3.8) is 0 Å². The van der Waals surface area contributed by atoms with Crippen LogP contribution < -0.4 is 4.90 Å². The van der Waals surface area contributed by atoms with Crippen molar-refractivity contribution in [3.05, 3.63) is 412 Å². The van der Waals surface area contributed by atoms with E-state index in [1.54, 1.807) is 153 Å². The van der Waals surface area contributed by atoms with Crippen LogP contribution in [0.3, 0.4) is 0 Å². The summed E-state index contributed by atoms with van der Waals surface area (Å²) in [6.07, 6.45) is 14.7. The second-order valence-electron chi connectivity index (χ2n) is 25.0. The van der Waals surface area contributed by atoms with Crippen LogP contribution in [0.25, 0.3) is 99.5 Å². The van der Waals surface area contributed by atoms with Gasteiger partial charge in [0.25, 0.3) is 20.2 Å². The van der Waals surface area contributed by atoms with Gasteiger partial charge >= 0.3 is 17.9 Å². The van der Waals surface area contributed by atoms with Crippen LogP contribution in [0.1, 0.15) is 31.1 Å². The standard InChI is InChI=1S/C13H11F2N2.3C11H8N.3C10H7NO2.2C9H7NO3S.5Ir/c1-17(2)10-5-6-16-13(8-10)11-4-3-9(14)7-12(11)15;3*1-2-6-10(7-3-1)11-8-4-5-9-12-11;3*12-10(13)8-5-1-3-7-4-2-6-11-9(7)8;2*11-14(12,13)8-5-1-3-7-4-2-6-10-9(7)8;;;;;/h3,5-8H,1-2H3;3*1-6,8-9H;3*1-6H,(H,12,13);2*1-6H,(H,11,12,13);;;;;/q4*-1;;;;;;;;;;. The topological polar surface area (TPSA) is 340 Å². The first-order chi connectivity index (χ1) is 58.0. The molecule has 643 valence electrons. The third-order valence-corrected chi connectivity index (χ3v) is 18.4. The Morgan fingerprint density at radius 1 is 0.312 bits per heavy atom. The molecule has 9 heterocycles. The predicted octanol–water partition coefficient (Wildman–Crippen LogP) is 19.3. The Balaban J connectivity index is 0.000000249. The number of para-hydroxylation sites is 5.